The summed E-state index contributed by atoms with van der Waals surface area (Å²) in [4.78, 5) is 139. The molecule has 1 saturated carbocycles. The van der Waals surface area contributed by atoms with Crippen molar-refractivity contribution in [2.24, 2.45) is 35.5 Å². The van der Waals surface area contributed by atoms with Crippen molar-refractivity contribution < 1.29 is 72.1 Å². The van der Waals surface area contributed by atoms with Gasteiger partial charge in [-0.15, -0.1) is 0 Å². The second-order valence-corrected chi connectivity index (χ2v) is 25.5. The molecule has 0 unspecified atom stereocenters. The molecule has 5 N–H and O–H groups in total. The molecule has 6 rings (SSSR count). The standard InChI is InChI=1S/C68H95N9O16/c1-13-42(6)61(54(90-11)35-58(81)75-33-17-20-52(75)63(91-12)43(7)64(83)70-44(8)62(82)48-18-15-14-16-19-48)73(9)67(86)59(40(2)3)72-66(85)60(41(4)5)74(10)68(87)93-39-47-25-30-53(92-38-46-23-28-50(29-24-46)77(88)89)51(34-47)71-55(78)36-69-65(84)49-26-21-45(22-27-49)37-76-56(79)31-32-57(76)80/h14-16,18-19,23-25,28-32,34,40-45,49,52,54,59-63,82H,13,17,20-22,26-27,33,35-39H2,1-12H3,(H,69,84)(H,70,83)(H,71,78)(H,72,85)/t42-,43+,44+,45?,49?,52-,54+,59-,60-,61-,62+,63+/m0/s1. The molecular formula is C68H95N9O16. The van der Waals surface area contributed by atoms with E-state index in [4.69, 9.17) is 18.9 Å². The number of likely N-dealkylation sites (tertiary alicyclic amines) is 1. The summed E-state index contributed by atoms with van der Waals surface area (Å²) < 4.78 is 23.9. The third kappa shape index (κ3) is 19.6. The number of hydrogen-bond donors (Lipinski definition) is 5. The number of aliphatic hydroxyl groups excluding tert-OH is 1. The van der Waals surface area contributed by atoms with Gasteiger partial charge in [-0.1, -0.05) is 91.3 Å². The normalized spacial score (nSPS) is 19.3. The number of non-ortho nitro benzene ring substituents is 1. The van der Waals surface area contributed by atoms with Crippen molar-refractivity contribution in [1.82, 2.24) is 35.6 Å². The molecule has 3 aromatic carbocycles. The highest BCUT2D eigenvalue weighted by Crippen LogP contribution is 2.33. The number of imide groups is 1. The van der Waals surface area contributed by atoms with Crippen LogP contribution in [0.15, 0.2) is 84.9 Å². The second kappa shape index (κ2) is 34.6. The molecule has 0 radical (unpaired) electrons. The number of methoxy groups -OCH3 is 2. The van der Waals surface area contributed by atoms with Crippen molar-refractivity contribution in [3.05, 3.63) is 112 Å². The van der Waals surface area contributed by atoms with Crippen LogP contribution in [0.2, 0.25) is 0 Å². The highest BCUT2D eigenvalue weighted by Gasteiger charge is 2.44. The highest BCUT2D eigenvalue weighted by molar-refractivity contribution is 6.12. The first-order valence-electron chi connectivity index (χ1n) is 32.1. The van der Waals surface area contributed by atoms with Gasteiger partial charge in [0.1, 0.15) is 31.0 Å². The Hall–Kier alpha value is -8.29. The molecule has 2 heterocycles. The number of nitro groups is 1. The number of amides is 9. The summed E-state index contributed by atoms with van der Waals surface area (Å²) in [6.07, 6.45) is 3.21. The minimum absolute atomic E-state index is 0.0500. The molecule has 0 aromatic heterocycles. The number of anilines is 1. The lowest BCUT2D eigenvalue weighted by Crippen LogP contribution is -2.60. The Morgan fingerprint density at radius 2 is 1.42 bits per heavy atom. The molecule has 2 aliphatic heterocycles. The third-order valence-corrected chi connectivity index (χ3v) is 18.3. The summed E-state index contributed by atoms with van der Waals surface area (Å²) >= 11 is 0. The Labute approximate surface area is 545 Å². The van der Waals surface area contributed by atoms with E-state index in [2.05, 4.69) is 21.3 Å². The number of nitrogens with one attached hydrogen (secondary N) is 4. The number of carbonyl (C=O) groups is 9. The zero-order valence-corrected chi connectivity index (χ0v) is 55.7. The quantitative estimate of drug-likeness (QED) is 0.0242. The zero-order chi connectivity index (χ0) is 68.4. The average molecular weight is 1290 g/mol. The van der Waals surface area contributed by atoms with Gasteiger partial charge in [-0.25, -0.2) is 4.79 Å². The van der Waals surface area contributed by atoms with E-state index in [0.717, 1.165) is 4.90 Å². The maximum Gasteiger partial charge on any atom is 0.410 e. The number of carbonyl (C=O) groups excluding carboxylic acids is 9. The van der Waals surface area contributed by atoms with E-state index >= 15 is 0 Å². The van der Waals surface area contributed by atoms with Crippen molar-refractivity contribution in [2.75, 3.05) is 53.3 Å². The maximum atomic E-state index is 14.9. The molecule has 2 fully saturated rings. The van der Waals surface area contributed by atoms with E-state index in [0.29, 0.717) is 68.2 Å². The first kappa shape index (κ1) is 73.8. The zero-order valence-electron chi connectivity index (χ0n) is 55.7. The van der Waals surface area contributed by atoms with Gasteiger partial charge < -0.3 is 55.1 Å². The van der Waals surface area contributed by atoms with Crippen LogP contribution in [0.25, 0.3) is 0 Å². The summed E-state index contributed by atoms with van der Waals surface area (Å²) in [5.74, 6) is -5.21. The van der Waals surface area contributed by atoms with Crippen LogP contribution < -0.4 is 26.0 Å². The first-order valence-corrected chi connectivity index (χ1v) is 32.1. The van der Waals surface area contributed by atoms with Gasteiger partial charge in [0.15, 0.2) is 0 Å². The van der Waals surface area contributed by atoms with E-state index in [-0.39, 0.29) is 90.6 Å². The Balaban J connectivity index is 1.09. The molecule has 10 atom stereocenters. The van der Waals surface area contributed by atoms with Crippen molar-refractivity contribution >= 4 is 64.7 Å². The van der Waals surface area contributed by atoms with Crippen LogP contribution in [-0.4, -0.2) is 173 Å². The molecule has 25 heteroatoms. The fourth-order valence-corrected chi connectivity index (χ4v) is 12.7. The van der Waals surface area contributed by atoms with E-state index in [1.807, 2.05) is 32.0 Å². The summed E-state index contributed by atoms with van der Waals surface area (Å²) in [6, 6.07) is 15.5. The number of hydrogen-bond acceptors (Lipinski definition) is 16. The van der Waals surface area contributed by atoms with Gasteiger partial charge in [0, 0.05) is 71.6 Å². The number of nitrogens with zero attached hydrogens (tertiary/aromatic N) is 5. The number of nitro benzene ring substituents is 1. The van der Waals surface area contributed by atoms with Crippen LogP contribution in [0.4, 0.5) is 16.2 Å². The summed E-state index contributed by atoms with van der Waals surface area (Å²) in [6.45, 7) is 14.4. The number of ether oxygens (including phenoxy) is 4. The maximum absolute atomic E-state index is 14.9. The average Bonchev–Trinajstić information content (AvgIpc) is 1.88. The molecule has 508 valence electrons. The molecule has 1 saturated heterocycles. The smallest absolute Gasteiger partial charge is 0.410 e. The van der Waals surface area contributed by atoms with Gasteiger partial charge in [0.2, 0.25) is 35.4 Å². The molecule has 3 aromatic rings. The minimum Gasteiger partial charge on any atom is -0.487 e. The molecular weight excluding hydrogens is 1200 g/mol. The minimum atomic E-state index is -1.13. The molecule has 1 aliphatic carbocycles. The SMILES string of the molecule is CC[C@H](C)[C@@H]([C@@H](CC(=O)N1CCC[C@H]1[C@H](OC)[C@@H](C)C(=O)N[C@H](C)[C@@H](O)c1ccccc1)OC)N(C)C(=O)[C@@H](NC(=O)[C@H](C(C)C)N(C)C(=O)OCc1ccc(OCc2ccc([N+](=O)[O-])cc2)c(NC(=O)CNC(=O)C2CCC(CN3C(=O)C=CC3=O)CC2)c1)C(C)C. The van der Waals surface area contributed by atoms with Gasteiger partial charge in [-0.05, 0) is 110 Å². The fraction of sp³-hybridized carbons (Fsp3) is 0.574. The molecule has 9 amide bonds. The molecule has 0 bridgehead atoms. The predicted octanol–water partition coefficient (Wildman–Crippen LogP) is 6.85. The lowest BCUT2D eigenvalue weighted by atomic mass is 9.81. The van der Waals surface area contributed by atoms with Gasteiger partial charge in [0.25, 0.3) is 17.5 Å². The van der Waals surface area contributed by atoms with Gasteiger partial charge in [-0.2, -0.15) is 0 Å². The van der Waals surface area contributed by atoms with Crippen molar-refractivity contribution in [2.45, 2.75) is 168 Å². The summed E-state index contributed by atoms with van der Waals surface area (Å²) in [5, 5.41) is 33.6. The van der Waals surface area contributed by atoms with Gasteiger partial charge >= 0.3 is 6.09 Å². The Bertz CT molecular complexity index is 3100. The van der Waals surface area contributed by atoms with Crippen LogP contribution in [0.3, 0.4) is 0 Å². The lowest BCUT2D eigenvalue weighted by molar-refractivity contribution is -0.384. The van der Waals surface area contributed by atoms with Crippen LogP contribution in [0.5, 0.6) is 5.75 Å². The van der Waals surface area contributed by atoms with E-state index in [1.54, 1.807) is 77.8 Å². The van der Waals surface area contributed by atoms with Crippen LogP contribution in [0, 0.1) is 45.6 Å². The Morgan fingerprint density at radius 3 is 2.01 bits per heavy atom. The van der Waals surface area contributed by atoms with Crippen LogP contribution >= 0.6 is 0 Å². The van der Waals surface area contributed by atoms with Crippen molar-refractivity contribution in [3.8, 4) is 5.75 Å². The van der Waals surface area contributed by atoms with Crippen LogP contribution in [0.1, 0.15) is 130 Å². The Kier molecular flexibility index (Phi) is 27.4. The largest absolute Gasteiger partial charge is 0.487 e. The van der Waals surface area contributed by atoms with E-state index in [9.17, 15) is 58.4 Å². The van der Waals surface area contributed by atoms with Crippen molar-refractivity contribution in [1.29, 1.82) is 0 Å². The number of benzene rings is 3. The molecule has 93 heavy (non-hydrogen) atoms. The monoisotopic (exact) mass is 1290 g/mol. The summed E-state index contributed by atoms with van der Waals surface area (Å²) in [5.41, 5.74) is 1.70. The van der Waals surface area contributed by atoms with Gasteiger partial charge in [0.05, 0.1) is 65.9 Å². The van der Waals surface area contributed by atoms with E-state index < -0.39 is 102 Å². The molecule has 3 aliphatic rings. The predicted molar refractivity (Wildman–Crippen MR) is 345 cm³/mol. The first-order chi connectivity index (χ1) is 44.2. The topological polar surface area (TPSA) is 315 Å². The van der Waals surface area contributed by atoms with Crippen LogP contribution in [-0.2, 0) is 65.8 Å². The van der Waals surface area contributed by atoms with E-state index in [1.165, 1.54) is 73.6 Å². The Morgan fingerprint density at radius 1 is 0.774 bits per heavy atom. The fourth-order valence-electron chi connectivity index (χ4n) is 12.7. The van der Waals surface area contributed by atoms with Gasteiger partial charge in [-0.3, -0.25) is 58.3 Å². The lowest BCUT2D eigenvalue weighted by Gasteiger charge is -2.41. The number of likely N-dealkylation sites (N-methyl/N-ethyl adjacent to an activating group) is 2. The molecule has 25 nitrogen and oxygen atoms in total. The number of aliphatic hydroxyl groups is 1. The summed E-state index contributed by atoms with van der Waals surface area (Å²) in [7, 11) is 6.04. The second-order valence-electron chi connectivity index (χ2n) is 25.5. The van der Waals surface area contributed by atoms with Crippen molar-refractivity contribution in [3.63, 3.8) is 0 Å². The molecule has 0 spiro atoms. The number of rotatable bonds is 32. The third-order valence-electron chi connectivity index (χ3n) is 18.3. The highest BCUT2D eigenvalue weighted by atomic mass is 16.6.